The quantitative estimate of drug-likeness (QED) is 0.559. The first-order valence-electron chi connectivity index (χ1n) is 9.81. The molecule has 2 N–H and O–H groups in total. The number of amides is 2. The molecule has 2 aromatic carbocycles. The van der Waals surface area contributed by atoms with Gasteiger partial charge in [-0.2, -0.15) is 8.78 Å². The molecule has 0 heterocycles. The van der Waals surface area contributed by atoms with Crippen molar-refractivity contribution >= 4 is 23.6 Å². The Balaban J connectivity index is 2.12. The molecule has 0 aliphatic rings. The summed E-state index contributed by atoms with van der Waals surface area (Å²) in [6.07, 6.45) is 2.82. The van der Waals surface area contributed by atoms with Crippen molar-refractivity contribution in [3.63, 3.8) is 0 Å². The van der Waals surface area contributed by atoms with Crippen molar-refractivity contribution in [2.75, 3.05) is 11.9 Å². The Hall–Kier alpha value is -3.42. The molecule has 0 aliphatic carbocycles. The maximum absolute atomic E-state index is 12.5. The first kappa shape index (κ1) is 23.9. The number of hydrogen-bond donors (Lipinski definition) is 2. The summed E-state index contributed by atoms with van der Waals surface area (Å²) < 4.78 is 34.7. The molecule has 0 bridgehead atoms. The fraction of sp³-hybridized carbons (Fsp3) is 0.304. The third-order valence-electron chi connectivity index (χ3n) is 4.08. The molecule has 0 aromatic heterocycles. The van der Waals surface area contributed by atoms with Gasteiger partial charge in [0.1, 0.15) is 0 Å². The van der Waals surface area contributed by atoms with Crippen LogP contribution in [0.15, 0.2) is 42.5 Å². The lowest BCUT2D eigenvalue weighted by Crippen LogP contribution is -2.30. The lowest BCUT2D eigenvalue weighted by atomic mass is 10.1. The van der Waals surface area contributed by atoms with Gasteiger partial charge in [-0.1, -0.05) is 12.1 Å². The largest absolute Gasteiger partial charge is 0.490 e. The van der Waals surface area contributed by atoms with Crippen molar-refractivity contribution in [1.82, 2.24) is 5.32 Å². The molecule has 2 aromatic rings. The Kier molecular flexibility index (Phi) is 8.54. The van der Waals surface area contributed by atoms with Crippen LogP contribution in [0, 0.1) is 6.92 Å². The Labute approximate surface area is 180 Å². The Morgan fingerprint density at radius 1 is 1.10 bits per heavy atom. The molecule has 0 aliphatic heterocycles. The number of anilines is 1. The highest BCUT2D eigenvalue weighted by molar-refractivity contribution is 6.03. The van der Waals surface area contributed by atoms with Crippen molar-refractivity contribution < 1.29 is 27.8 Å². The molecule has 0 fully saturated rings. The summed E-state index contributed by atoms with van der Waals surface area (Å²) in [4.78, 5) is 24.6. The van der Waals surface area contributed by atoms with E-state index in [4.69, 9.17) is 4.74 Å². The second-order valence-electron chi connectivity index (χ2n) is 7.00. The van der Waals surface area contributed by atoms with E-state index in [9.17, 15) is 18.4 Å². The van der Waals surface area contributed by atoms with Crippen LogP contribution in [0.1, 0.15) is 42.3 Å². The van der Waals surface area contributed by atoms with Crippen LogP contribution in [0.25, 0.3) is 6.08 Å². The van der Waals surface area contributed by atoms with Gasteiger partial charge < -0.3 is 20.1 Å². The molecule has 8 heteroatoms. The molecule has 31 heavy (non-hydrogen) atoms. The molecule has 6 nitrogen and oxygen atoms in total. The molecule has 0 unspecified atom stereocenters. The average Bonchev–Trinajstić information content (AvgIpc) is 2.69. The van der Waals surface area contributed by atoms with Gasteiger partial charge in [0.25, 0.3) is 5.91 Å². The van der Waals surface area contributed by atoms with Crippen LogP contribution in [-0.2, 0) is 4.79 Å². The summed E-state index contributed by atoms with van der Waals surface area (Å²) in [6.45, 7) is 4.58. The van der Waals surface area contributed by atoms with Crippen molar-refractivity contribution in [3.05, 3.63) is 59.2 Å². The first-order valence-corrected chi connectivity index (χ1v) is 9.81. The normalized spacial score (nSPS) is 11.1. The van der Waals surface area contributed by atoms with Crippen LogP contribution in [0.2, 0.25) is 0 Å². The molecule has 0 radical (unpaired) electrons. The summed E-state index contributed by atoms with van der Waals surface area (Å²) in [7, 11) is 0. The predicted octanol–water partition coefficient (Wildman–Crippen LogP) is 4.79. The summed E-state index contributed by atoms with van der Waals surface area (Å²) in [5.74, 6) is -0.548. The van der Waals surface area contributed by atoms with Crippen LogP contribution in [0.3, 0.4) is 0 Å². The lowest BCUT2D eigenvalue weighted by Gasteiger charge is -2.12. The maximum atomic E-state index is 12.5. The highest BCUT2D eigenvalue weighted by atomic mass is 19.3. The zero-order chi connectivity index (χ0) is 23.0. The molecular formula is C23H26F2N2O4. The van der Waals surface area contributed by atoms with E-state index >= 15 is 0 Å². The number of nitrogens with one attached hydrogen (secondary N) is 2. The molecule has 0 atom stereocenters. The van der Waals surface area contributed by atoms with Gasteiger partial charge in [0.05, 0.1) is 6.61 Å². The Bertz CT molecular complexity index is 959. The van der Waals surface area contributed by atoms with E-state index in [0.29, 0.717) is 16.8 Å². The maximum Gasteiger partial charge on any atom is 0.387 e. The monoisotopic (exact) mass is 432 g/mol. The van der Waals surface area contributed by atoms with E-state index in [1.165, 1.54) is 30.4 Å². The number of hydrogen-bond acceptors (Lipinski definition) is 4. The SMILES string of the molecule is CCOc1cc(/C=C/C(=O)Nc2ccc(C)c(C(=O)NC(C)C)c2)ccc1OC(F)F. The number of aryl methyl sites for hydroxylation is 1. The third-order valence-corrected chi connectivity index (χ3v) is 4.08. The molecule has 0 saturated carbocycles. The standard InChI is InChI=1S/C23H26F2N2O4/c1-5-30-20-12-16(7-10-19(20)31-23(24)25)8-11-21(28)27-17-9-6-15(4)18(13-17)22(29)26-14(2)3/h6-14,23H,5H2,1-4H3,(H,26,29)(H,27,28)/b11-8+. The van der Waals surface area contributed by atoms with Gasteiger partial charge in [-0.3, -0.25) is 9.59 Å². The fourth-order valence-corrected chi connectivity index (χ4v) is 2.73. The molecular weight excluding hydrogens is 406 g/mol. The van der Waals surface area contributed by atoms with E-state index < -0.39 is 12.5 Å². The minimum atomic E-state index is -2.96. The van der Waals surface area contributed by atoms with Gasteiger partial charge in [0.2, 0.25) is 5.91 Å². The number of carbonyl (C=O) groups is 2. The number of benzene rings is 2. The van der Waals surface area contributed by atoms with Crippen molar-refractivity contribution in [1.29, 1.82) is 0 Å². The topological polar surface area (TPSA) is 76.7 Å². The minimum absolute atomic E-state index is 0.00728. The highest BCUT2D eigenvalue weighted by Gasteiger charge is 2.13. The van der Waals surface area contributed by atoms with Crippen molar-refractivity contribution in [3.8, 4) is 11.5 Å². The van der Waals surface area contributed by atoms with E-state index in [1.807, 2.05) is 20.8 Å². The van der Waals surface area contributed by atoms with Crippen LogP contribution < -0.4 is 20.1 Å². The number of rotatable bonds is 9. The zero-order valence-electron chi connectivity index (χ0n) is 17.9. The number of ether oxygens (including phenoxy) is 2. The van der Waals surface area contributed by atoms with E-state index in [1.54, 1.807) is 25.1 Å². The average molecular weight is 432 g/mol. The smallest absolute Gasteiger partial charge is 0.387 e. The van der Waals surface area contributed by atoms with Crippen LogP contribution >= 0.6 is 0 Å². The summed E-state index contributed by atoms with van der Waals surface area (Å²) in [5.41, 5.74) is 2.32. The lowest BCUT2D eigenvalue weighted by molar-refractivity contribution is -0.111. The summed E-state index contributed by atoms with van der Waals surface area (Å²) in [5, 5.41) is 5.53. The van der Waals surface area contributed by atoms with Crippen molar-refractivity contribution in [2.45, 2.75) is 40.3 Å². The van der Waals surface area contributed by atoms with Gasteiger partial charge in [0.15, 0.2) is 11.5 Å². The molecule has 2 rings (SSSR count). The second kappa shape index (κ2) is 11.1. The number of halogens is 2. The van der Waals surface area contributed by atoms with Gasteiger partial charge in [0, 0.05) is 23.4 Å². The first-order chi connectivity index (χ1) is 14.7. The van der Waals surface area contributed by atoms with Gasteiger partial charge in [-0.25, -0.2) is 0 Å². The van der Waals surface area contributed by atoms with E-state index in [-0.39, 0.29) is 30.1 Å². The molecule has 0 saturated heterocycles. The van der Waals surface area contributed by atoms with Crippen molar-refractivity contribution in [2.24, 2.45) is 0 Å². The predicted molar refractivity (Wildman–Crippen MR) is 116 cm³/mol. The van der Waals surface area contributed by atoms with Gasteiger partial charge >= 0.3 is 6.61 Å². The van der Waals surface area contributed by atoms with Gasteiger partial charge in [-0.05, 0) is 69.2 Å². The summed E-state index contributed by atoms with van der Waals surface area (Å²) >= 11 is 0. The Morgan fingerprint density at radius 3 is 2.48 bits per heavy atom. The van der Waals surface area contributed by atoms with Gasteiger partial charge in [-0.15, -0.1) is 0 Å². The Morgan fingerprint density at radius 2 is 1.84 bits per heavy atom. The summed E-state index contributed by atoms with van der Waals surface area (Å²) in [6, 6.07) is 9.46. The molecule has 0 spiro atoms. The number of carbonyl (C=O) groups excluding carboxylic acids is 2. The fourth-order valence-electron chi connectivity index (χ4n) is 2.73. The number of alkyl halides is 2. The zero-order valence-corrected chi connectivity index (χ0v) is 17.9. The molecule has 2 amide bonds. The van der Waals surface area contributed by atoms with E-state index in [2.05, 4.69) is 15.4 Å². The van der Waals surface area contributed by atoms with Crippen LogP contribution in [0.4, 0.5) is 14.5 Å². The minimum Gasteiger partial charge on any atom is -0.490 e. The molecule has 166 valence electrons. The highest BCUT2D eigenvalue weighted by Crippen LogP contribution is 2.30. The van der Waals surface area contributed by atoms with Crippen LogP contribution in [-0.4, -0.2) is 31.1 Å². The second-order valence-corrected chi connectivity index (χ2v) is 7.00. The van der Waals surface area contributed by atoms with E-state index in [0.717, 1.165) is 5.56 Å². The third kappa shape index (κ3) is 7.40. The van der Waals surface area contributed by atoms with Crippen LogP contribution in [0.5, 0.6) is 11.5 Å².